The van der Waals surface area contributed by atoms with E-state index in [9.17, 15) is 8.42 Å². The van der Waals surface area contributed by atoms with Crippen molar-refractivity contribution < 1.29 is 8.42 Å². The highest BCUT2D eigenvalue weighted by Crippen LogP contribution is 2.15. The Labute approximate surface area is 131 Å². The first-order chi connectivity index (χ1) is 10.6. The van der Waals surface area contributed by atoms with Gasteiger partial charge in [-0.3, -0.25) is 0 Å². The van der Waals surface area contributed by atoms with Gasteiger partial charge in [-0.05, 0) is 29.0 Å². The number of aromatic nitrogens is 4. The van der Waals surface area contributed by atoms with Crippen LogP contribution in [0.4, 0.5) is 0 Å². The van der Waals surface area contributed by atoms with Gasteiger partial charge >= 0.3 is 0 Å². The van der Waals surface area contributed by atoms with Crippen molar-refractivity contribution in [2.24, 2.45) is 0 Å². The van der Waals surface area contributed by atoms with E-state index in [1.54, 1.807) is 12.1 Å². The quantitative estimate of drug-likeness (QED) is 0.663. The van der Waals surface area contributed by atoms with Crippen LogP contribution in [0.15, 0.2) is 35.5 Å². The number of benzene rings is 1. The highest BCUT2D eigenvalue weighted by atomic mass is 32.2. The lowest BCUT2D eigenvalue weighted by Gasteiger charge is -2.05. The van der Waals surface area contributed by atoms with Crippen LogP contribution >= 0.6 is 0 Å². The predicted octanol–water partition coefficient (Wildman–Crippen LogP) is 2.80. The Hall–Kier alpha value is -1.76. The van der Waals surface area contributed by atoms with Gasteiger partial charge in [0.2, 0.25) is 9.84 Å². The van der Waals surface area contributed by atoms with E-state index in [-0.39, 0.29) is 10.9 Å². The predicted molar refractivity (Wildman–Crippen MR) is 84.6 cm³/mol. The molecule has 0 unspecified atom stereocenters. The third kappa shape index (κ3) is 4.37. The average molecular weight is 322 g/mol. The maximum absolute atomic E-state index is 12.4. The van der Waals surface area contributed by atoms with E-state index < -0.39 is 9.84 Å². The summed E-state index contributed by atoms with van der Waals surface area (Å²) >= 11 is 0. The van der Waals surface area contributed by atoms with E-state index in [2.05, 4.69) is 22.4 Å². The molecule has 22 heavy (non-hydrogen) atoms. The molecular weight excluding hydrogens is 300 g/mol. The van der Waals surface area contributed by atoms with Crippen molar-refractivity contribution >= 4 is 9.84 Å². The van der Waals surface area contributed by atoms with Crippen LogP contribution in [-0.2, 0) is 9.84 Å². The molecule has 6 nitrogen and oxygen atoms in total. The number of nitrogens with zero attached hydrogens (tertiary/aromatic N) is 4. The Bertz CT molecular complexity index is 668. The molecule has 0 spiro atoms. The summed E-state index contributed by atoms with van der Waals surface area (Å²) in [7, 11) is -3.46. The molecule has 0 atom stereocenters. The smallest absolute Gasteiger partial charge is 0.220 e. The number of hydrogen-bond donors (Lipinski definition) is 0. The topological polar surface area (TPSA) is 77.7 Å². The van der Waals surface area contributed by atoms with Crippen LogP contribution in [0.2, 0.25) is 0 Å². The summed E-state index contributed by atoms with van der Waals surface area (Å²) in [4.78, 5) is 0. The number of tetrazole rings is 1. The second-order valence-corrected chi connectivity index (χ2v) is 7.30. The van der Waals surface area contributed by atoms with Crippen LogP contribution in [-0.4, -0.2) is 34.4 Å². The second-order valence-electron chi connectivity index (χ2n) is 5.30. The van der Waals surface area contributed by atoms with Crippen LogP contribution in [0.25, 0.3) is 5.69 Å². The van der Waals surface area contributed by atoms with Crippen LogP contribution in [0.1, 0.15) is 45.4 Å². The summed E-state index contributed by atoms with van der Waals surface area (Å²) in [6, 6.07) is 9.06. The number of sulfone groups is 1. The van der Waals surface area contributed by atoms with Gasteiger partial charge in [0.1, 0.15) is 0 Å². The maximum atomic E-state index is 12.4. The highest BCUT2D eigenvalue weighted by molar-refractivity contribution is 7.91. The maximum Gasteiger partial charge on any atom is 0.272 e. The van der Waals surface area contributed by atoms with E-state index in [1.807, 2.05) is 18.2 Å². The molecule has 0 saturated heterocycles. The molecule has 7 heteroatoms. The summed E-state index contributed by atoms with van der Waals surface area (Å²) in [6.07, 6.45) is 6.20. The van der Waals surface area contributed by atoms with E-state index in [0.717, 1.165) is 19.3 Å². The Morgan fingerprint density at radius 3 is 2.41 bits per heavy atom. The third-order valence-corrected chi connectivity index (χ3v) is 5.12. The summed E-state index contributed by atoms with van der Waals surface area (Å²) in [5, 5.41) is 10.9. The number of hydrogen-bond acceptors (Lipinski definition) is 5. The molecule has 0 fully saturated rings. The minimum atomic E-state index is -3.46. The first-order valence-electron chi connectivity index (χ1n) is 7.71. The zero-order chi connectivity index (χ0) is 15.8. The molecule has 0 radical (unpaired) electrons. The number of rotatable bonds is 9. The van der Waals surface area contributed by atoms with Gasteiger partial charge in [0.05, 0.1) is 11.4 Å². The van der Waals surface area contributed by atoms with Gasteiger partial charge in [-0.2, -0.15) is 4.68 Å². The molecule has 0 N–H and O–H groups in total. The van der Waals surface area contributed by atoms with Crippen molar-refractivity contribution in [3.8, 4) is 5.69 Å². The van der Waals surface area contributed by atoms with Gasteiger partial charge in [0, 0.05) is 0 Å². The number of para-hydroxylation sites is 1. The summed E-state index contributed by atoms with van der Waals surface area (Å²) in [5.41, 5.74) is 0.647. The molecule has 1 heterocycles. The molecule has 0 saturated carbocycles. The third-order valence-electron chi connectivity index (χ3n) is 3.49. The van der Waals surface area contributed by atoms with Crippen LogP contribution < -0.4 is 0 Å². The molecule has 1 aromatic carbocycles. The SMILES string of the molecule is CCCCCCCCS(=O)(=O)c1nnnn1-c1ccccc1. The monoisotopic (exact) mass is 322 g/mol. The lowest BCUT2D eigenvalue weighted by molar-refractivity contribution is 0.570. The molecule has 0 bridgehead atoms. The lowest BCUT2D eigenvalue weighted by Crippen LogP contribution is -2.14. The summed E-state index contributed by atoms with van der Waals surface area (Å²) in [5.74, 6) is 0.0896. The summed E-state index contributed by atoms with van der Waals surface area (Å²) < 4.78 is 26.1. The number of unbranched alkanes of at least 4 members (excludes halogenated alkanes) is 5. The highest BCUT2D eigenvalue weighted by Gasteiger charge is 2.23. The zero-order valence-electron chi connectivity index (χ0n) is 12.9. The molecule has 1 aromatic heterocycles. The van der Waals surface area contributed by atoms with Gasteiger partial charge in [-0.1, -0.05) is 62.3 Å². The Morgan fingerprint density at radius 2 is 1.68 bits per heavy atom. The average Bonchev–Trinajstić information content (AvgIpc) is 3.02. The van der Waals surface area contributed by atoms with Crippen molar-refractivity contribution in [2.75, 3.05) is 5.75 Å². The molecular formula is C15H22N4O2S. The van der Waals surface area contributed by atoms with Gasteiger partial charge in [0.25, 0.3) is 5.16 Å². The first kappa shape index (κ1) is 16.6. The Morgan fingerprint density at radius 1 is 1.00 bits per heavy atom. The van der Waals surface area contributed by atoms with E-state index in [0.29, 0.717) is 12.1 Å². The normalized spacial score (nSPS) is 11.7. The van der Waals surface area contributed by atoms with E-state index >= 15 is 0 Å². The molecule has 2 aromatic rings. The molecule has 2 rings (SSSR count). The van der Waals surface area contributed by atoms with Crippen molar-refractivity contribution in [1.29, 1.82) is 0 Å². The van der Waals surface area contributed by atoms with Crippen molar-refractivity contribution in [2.45, 2.75) is 50.6 Å². The fraction of sp³-hybridized carbons (Fsp3) is 0.533. The van der Waals surface area contributed by atoms with Crippen LogP contribution in [0.3, 0.4) is 0 Å². The van der Waals surface area contributed by atoms with Gasteiger partial charge in [0.15, 0.2) is 0 Å². The second kappa shape index (κ2) is 8.03. The van der Waals surface area contributed by atoms with Crippen molar-refractivity contribution in [1.82, 2.24) is 20.2 Å². The zero-order valence-corrected chi connectivity index (χ0v) is 13.7. The van der Waals surface area contributed by atoms with Gasteiger partial charge < -0.3 is 0 Å². The minimum absolute atomic E-state index is 0.0766. The van der Waals surface area contributed by atoms with Crippen molar-refractivity contribution in [3.63, 3.8) is 0 Å². The van der Waals surface area contributed by atoms with Gasteiger partial charge in [-0.15, -0.1) is 0 Å². The Balaban J connectivity index is 2.00. The fourth-order valence-corrected chi connectivity index (χ4v) is 3.60. The summed E-state index contributed by atoms with van der Waals surface area (Å²) in [6.45, 7) is 2.16. The van der Waals surface area contributed by atoms with Crippen LogP contribution in [0.5, 0.6) is 0 Å². The van der Waals surface area contributed by atoms with Crippen LogP contribution in [0, 0.1) is 0 Å². The standard InChI is InChI=1S/C15H22N4O2S/c1-2-3-4-5-6-10-13-22(20,21)15-16-17-18-19(15)14-11-8-7-9-12-14/h7-9,11-12H,2-6,10,13H2,1H3. The van der Waals surface area contributed by atoms with Crippen molar-refractivity contribution in [3.05, 3.63) is 30.3 Å². The largest absolute Gasteiger partial charge is 0.272 e. The molecule has 0 aliphatic rings. The van der Waals surface area contributed by atoms with E-state index in [1.165, 1.54) is 17.5 Å². The molecule has 0 aliphatic carbocycles. The molecule has 0 amide bonds. The lowest BCUT2D eigenvalue weighted by atomic mass is 10.1. The molecule has 0 aliphatic heterocycles. The minimum Gasteiger partial charge on any atom is -0.220 e. The fourth-order valence-electron chi connectivity index (χ4n) is 2.27. The molecule has 120 valence electrons. The van der Waals surface area contributed by atoms with E-state index in [4.69, 9.17) is 0 Å². The van der Waals surface area contributed by atoms with Gasteiger partial charge in [-0.25, -0.2) is 8.42 Å². The first-order valence-corrected chi connectivity index (χ1v) is 9.37. The Kier molecular flexibility index (Phi) is 6.06.